The van der Waals surface area contributed by atoms with Crippen LogP contribution in [0.2, 0.25) is 0 Å². The maximum absolute atomic E-state index is 11.3. The first kappa shape index (κ1) is 17.6. The van der Waals surface area contributed by atoms with Crippen LogP contribution in [0.4, 0.5) is 11.4 Å². The molecule has 1 aliphatic heterocycles. The molecule has 9 nitrogen and oxygen atoms in total. The van der Waals surface area contributed by atoms with Crippen LogP contribution < -0.4 is 10.5 Å². The molecule has 0 aromatic heterocycles. The summed E-state index contributed by atoms with van der Waals surface area (Å²) >= 11 is 0. The fraction of sp³-hybridized carbons (Fsp3) is 0.538. The molecule has 0 bridgehead atoms. The predicted molar refractivity (Wildman–Crippen MR) is 84.8 cm³/mol. The molecule has 128 valence electrons. The van der Waals surface area contributed by atoms with Crippen LogP contribution in [0.1, 0.15) is 6.92 Å². The molecule has 2 rings (SSSR count). The molecule has 1 aromatic rings. The van der Waals surface area contributed by atoms with Gasteiger partial charge in [0.05, 0.1) is 23.0 Å². The molecule has 0 amide bonds. The Hall–Kier alpha value is -1.75. The Labute approximate surface area is 134 Å². The largest absolute Gasteiger partial charge is 0.379 e. The van der Waals surface area contributed by atoms with Crippen molar-refractivity contribution < 1.29 is 18.1 Å². The maximum atomic E-state index is 11.3. The molecule has 0 spiro atoms. The van der Waals surface area contributed by atoms with E-state index in [1.54, 1.807) is 0 Å². The Morgan fingerprint density at radius 1 is 1.43 bits per heavy atom. The zero-order valence-corrected chi connectivity index (χ0v) is 13.6. The van der Waals surface area contributed by atoms with Gasteiger partial charge in [0.2, 0.25) is 10.0 Å². The molecule has 0 saturated carbocycles. The van der Waals surface area contributed by atoms with Gasteiger partial charge in [0.25, 0.3) is 5.69 Å². The maximum Gasteiger partial charge on any atom is 0.293 e. The quantitative estimate of drug-likeness (QED) is 0.564. The number of ether oxygens (including phenoxy) is 1. The fourth-order valence-electron chi connectivity index (χ4n) is 2.39. The minimum atomic E-state index is -3.98. The zero-order valence-electron chi connectivity index (χ0n) is 12.8. The van der Waals surface area contributed by atoms with Gasteiger partial charge in [-0.2, -0.15) is 0 Å². The Balaban J connectivity index is 2.11. The lowest BCUT2D eigenvalue weighted by Gasteiger charge is -2.32. The molecule has 10 heteroatoms. The van der Waals surface area contributed by atoms with Crippen LogP contribution in [0, 0.1) is 10.1 Å². The van der Waals surface area contributed by atoms with E-state index in [4.69, 9.17) is 9.88 Å². The van der Waals surface area contributed by atoms with E-state index >= 15 is 0 Å². The Morgan fingerprint density at radius 2 is 2.09 bits per heavy atom. The molecule has 0 aliphatic carbocycles. The lowest BCUT2D eigenvalue weighted by Crippen LogP contribution is -2.45. The van der Waals surface area contributed by atoms with Crippen LogP contribution in [0.5, 0.6) is 0 Å². The van der Waals surface area contributed by atoms with E-state index in [0.29, 0.717) is 19.8 Å². The van der Waals surface area contributed by atoms with E-state index in [9.17, 15) is 18.5 Å². The second kappa shape index (κ2) is 7.21. The van der Waals surface area contributed by atoms with Gasteiger partial charge in [0.15, 0.2) is 0 Å². The molecule has 1 saturated heterocycles. The van der Waals surface area contributed by atoms with Gasteiger partial charge in [-0.3, -0.25) is 15.0 Å². The topological polar surface area (TPSA) is 128 Å². The second-order valence-electron chi connectivity index (χ2n) is 5.36. The number of nitrogens with zero attached hydrogens (tertiary/aromatic N) is 2. The van der Waals surface area contributed by atoms with Crippen LogP contribution >= 0.6 is 0 Å². The van der Waals surface area contributed by atoms with Crippen molar-refractivity contribution in [2.75, 3.05) is 38.2 Å². The highest BCUT2D eigenvalue weighted by Gasteiger charge is 2.21. The summed E-state index contributed by atoms with van der Waals surface area (Å²) in [5.41, 5.74) is -0.0480. The molecule has 1 aromatic carbocycles. The van der Waals surface area contributed by atoms with Crippen molar-refractivity contribution in [1.29, 1.82) is 0 Å². The van der Waals surface area contributed by atoms with Gasteiger partial charge >= 0.3 is 0 Å². The predicted octanol–water partition coefficient (Wildman–Crippen LogP) is 0.375. The monoisotopic (exact) mass is 344 g/mol. The van der Waals surface area contributed by atoms with Gasteiger partial charge in [0, 0.05) is 31.7 Å². The summed E-state index contributed by atoms with van der Waals surface area (Å²) in [7, 11) is -3.98. The highest BCUT2D eigenvalue weighted by Crippen LogP contribution is 2.27. The molecule has 1 atom stereocenters. The van der Waals surface area contributed by atoms with Crippen LogP contribution in [-0.2, 0) is 14.8 Å². The summed E-state index contributed by atoms with van der Waals surface area (Å²) in [5, 5.41) is 19.2. The number of rotatable bonds is 6. The lowest BCUT2D eigenvalue weighted by molar-refractivity contribution is -0.384. The molecule has 3 N–H and O–H groups in total. The summed E-state index contributed by atoms with van der Waals surface area (Å²) in [4.78, 5) is 12.5. The minimum absolute atomic E-state index is 0.163. The first-order chi connectivity index (χ1) is 10.8. The van der Waals surface area contributed by atoms with Gasteiger partial charge in [-0.05, 0) is 19.1 Å². The Morgan fingerprint density at radius 3 is 2.65 bits per heavy atom. The smallest absolute Gasteiger partial charge is 0.293 e. The van der Waals surface area contributed by atoms with E-state index in [-0.39, 0.29) is 22.3 Å². The standard InChI is InChI=1S/C13H20N4O5S/c1-10(16-4-6-22-7-5-16)9-15-12-3-2-11(23(14,20)21)8-13(12)17(18)19/h2-3,8,10,15H,4-7,9H2,1H3,(H2,14,20,21). The third kappa shape index (κ3) is 4.61. The number of anilines is 1. The zero-order chi connectivity index (χ0) is 17.0. The first-order valence-electron chi connectivity index (χ1n) is 7.16. The molecular formula is C13H20N4O5S. The minimum Gasteiger partial charge on any atom is -0.379 e. The number of primary sulfonamides is 1. The van der Waals surface area contributed by atoms with E-state index in [2.05, 4.69) is 10.2 Å². The normalized spacial score (nSPS) is 17.7. The first-order valence-corrected chi connectivity index (χ1v) is 8.70. The van der Waals surface area contributed by atoms with Crippen molar-refractivity contribution in [2.45, 2.75) is 17.9 Å². The number of nitrogens with one attached hydrogen (secondary N) is 1. The third-order valence-corrected chi connectivity index (χ3v) is 4.66. The molecule has 1 heterocycles. The number of morpholine rings is 1. The fourth-order valence-corrected chi connectivity index (χ4v) is 2.93. The van der Waals surface area contributed by atoms with Gasteiger partial charge in [-0.1, -0.05) is 0 Å². The Bertz CT molecular complexity index is 673. The van der Waals surface area contributed by atoms with E-state index in [1.807, 2.05) is 6.92 Å². The second-order valence-corrected chi connectivity index (χ2v) is 6.92. The van der Waals surface area contributed by atoms with Crippen molar-refractivity contribution in [3.8, 4) is 0 Å². The number of nitro groups is 1. The van der Waals surface area contributed by atoms with Gasteiger partial charge in [-0.25, -0.2) is 13.6 Å². The number of hydrogen-bond acceptors (Lipinski definition) is 7. The molecule has 1 fully saturated rings. The van der Waals surface area contributed by atoms with Crippen LogP contribution in [0.3, 0.4) is 0 Å². The third-order valence-electron chi connectivity index (χ3n) is 3.75. The highest BCUT2D eigenvalue weighted by atomic mass is 32.2. The summed E-state index contributed by atoms with van der Waals surface area (Å²) in [6.45, 7) is 5.49. The summed E-state index contributed by atoms with van der Waals surface area (Å²) in [6, 6.07) is 3.75. The molecular weight excluding hydrogens is 324 g/mol. The highest BCUT2D eigenvalue weighted by molar-refractivity contribution is 7.89. The van der Waals surface area contributed by atoms with Crippen molar-refractivity contribution in [1.82, 2.24) is 4.90 Å². The van der Waals surface area contributed by atoms with Crippen LogP contribution in [0.25, 0.3) is 0 Å². The van der Waals surface area contributed by atoms with Crippen molar-refractivity contribution in [3.05, 3.63) is 28.3 Å². The Kier molecular flexibility index (Phi) is 5.52. The number of benzene rings is 1. The SMILES string of the molecule is CC(CNc1ccc(S(N)(=O)=O)cc1[N+](=O)[O-])N1CCOCC1. The number of sulfonamides is 1. The average Bonchev–Trinajstić information content (AvgIpc) is 2.52. The molecule has 0 radical (unpaired) electrons. The van der Waals surface area contributed by atoms with Gasteiger partial charge in [-0.15, -0.1) is 0 Å². The van der Waals surface area contributed by atoms with Crippen LogP contribution in [0.15, 0.2) is 23.1 Å². The van der Waals surface area contributed by atoms with Gasteiger partial charge in [0.1, 0.15) is 5.69 Å². The van der Waals surface area contributed by atoms with E-state index < -0.39 is 14.9 Å². The van der Waals surface area contributed by atoms with Gasteiger partial charge < -0.3 is 10.1 Å². The summed E-state index contributed by atoms with van der Waals surface area (Å²) < 4.78 is 27.9. The molecule has 1 unspecified atom stereocenters. The molecule has 1 aliphatic rings. The van der Waals surface area contributed by atoms with Crippen molar-refractivity contribution in [2.24, 2.45) is 5.14 Å². The van der Waals surface area contributed by atoms with Crippen molar-refractivity contribution >= 4 is 21.4 Å². The average molecular weight is 344 g/mol. The number of nitrogens with two attached hydrogens (primary N) is 1. The summed E-state index contributed by atoms with van der Waals surface area (Å²) in [5.74, 6) is 0. The summed E-state index contributed by atoms with van der Waals surface area (Å²) in [6.07, 6.45) is 0. The van der Waals surface area contributed by atoms with E-state index in [1.165, 1.54) is 12.1 Å². The van der Waals surface area contributed by atoms with Crippen molar-refractivity contribution in [3.63, 3.8) is 0 Å². The molecule has 23 heavy (non-hydrogen) atoms. The number of nitro benzene ring substituents is 1. The number of hydrogen-bond donors (Lipinski definition) is 2. The van der Waals surface area contributed by atoms with E-state index in [0.717, 1.165) is 19.2 Å². The van der Waals surface area contributed by atoms with Crippen LogP contribution in [-0.4, -0.2) is 57.1 Å². The lowest BCUT2D eigenvalue weighted by atomic mass is 10.2.